The number of ether oxygens (including phenoxy) is 1. The zero-order chi connectivity index (χ0) is 19.9. The van der Waals surface area contributed by atoms with E-state index in [0.717, 1.165) is 49.4 Å². The molecule has 0 aliphatic carbocycles. The standard InChI is InChI=1S/C22H27N3O3/c1-17-5-3-6-20(15-17)23-22(27)25-12-4-11-24(13-14-25)16-18-7-9-19(10-8-18)21(26)28-2/h3,5-10,15H,4,11-14,16H2,1-2H3,(H,23,27). The van der Waals surface area contributed by atoms with Crippen LogP contribution in [0.1, 0.15) is 27.9 Å². The van der Waals surface area contributed by atoms with Gasteiger partial charge in [0.15, 0.2) is 0 Å². The number of aryl methyl sites for hydroxylation is 1. The number of amides is 2. The molecule has 28 heavy (non-hydrogen) atoms. The number of nitrogens with one attached hydrogen (secondary N) is 1. The summed E-state index contributed by atoms with van der Waals surface area (Å²) in [5.74, 6) is -0.323. The van der Waals surface area contributed by atoms with Crippen LogP contribution in [0.25, 0.3) is 0 Å². The lowest BCUT2D eigenvalue weighted by Gasteiger charge is -2.22. The minimum Gasteiger partial charge on any atom is -0.465 e. The maximum absolute atomic E-state index is 12.6. The van der Waals surface area contributed by atoms with Gasteiger partial charge in [-0.1, -0.05) is 24.3 Å². The van der Waals surface area contributed by atoms with E-state index in [2.05, 4.69) is 10.2 Å². The van der Waals surface area contributed by atoms with Gasteiger partial charge in [-0.15, -0.1) is 0 Å². The molecule has 1 heterocycles. The fourth-order valence-corrected chi connectivity index (χ4v) is 3.38. The largest absolute Gasteiger partial charge is 0.465 e. The Balaban J connectivity index is 1.53. The van der Waals surface area contributed by atoms with Crippen molar-refractivity contribution in [1.82, 2.24) is 9.80 Å². The van der Waals surface area contributed by atoms with Crippen LogP contribution in [0.2, 0.25) is 0 Å². The summed E-state index contributed by atoms with van der Waals surface area (Å²) < 4.78 is 4.73. The van der Waals surface area contributed by atoms with E-state index >= 15 is 0 Å². The average molecular weight is 381 g/mol. The van der Waals surface area contributed by atoms with Crippen LogP contribution in [0.3, 0.4) is 0 Å². The maximum atomic E-state index is 12.6. The van der Waals surface area contributed by atoms with Crippen LogP contribution < -0.4 is 5.32 Å². The lowest BCUT2D eigenvalue weighted by atomic mass is 10.1. The van der Waals surface area contributed by atoms with Crippen molar-refractivity contribution < 1.29 is 14.3 Å². The predicted molar refractivity (Wildman–Crippen MR) is 109 cm³/mol. The van der Waals surface area contributed by atoms with Gasteiger partial charge in [0, 0.05) is 38.4 Å². The highest BCUT2D eigenvalue weighted by Gasteiger charge is 2.19. The third-order valence-electron chi connectivity index (χ3n) is 4.93. The molecule has 6 nitrogen and oxygen atoms in total. The van der Waals surface area contributed by atoms with Crippen molar-refractivity contribution in [2.45, 2.75) is 19.9 Å². The van der Waals surface area contributed by atoms with Gasteiger partial charge in [-0.05, 0) is 48.7 Å². The van der Waals surface area contributed by atoms with E-state index < -0.39 is 0 Å². The Bertz CT molecular complexity index is 820. The average Bonchev–Trinajstić information content (AvgIpc) is 2.93. The number of anilines is 1. The predicted octanol–water partition coefficient (Wildman–Crippen LogP) is 3.52. The molecular formula is C22H27N3O3. The van der Waals surface area contributed by atoms with Crippen molar-refractivity contribution in [3.8, 4) is 0 Å². The van der Waals surface area contributed by atoms with Gasteiger partial charge in [0.2, 0.25) is 0 Å². The molecule has 0 spiro atoms. The Morgan fingerprint density at radius 2 is 1.82 bits per heavy atom. The van der Waals surface area contributed by atoms with E-state index in [4.69, 9.17) is 4.74 Å². The van der Waals surface area contributed by atoms with E-state index in [1.54, 1.807) is 12.1 Å². The molecule has 3 rings (SSSR count). The number of carbonyl (C=O) groups is 2. The van der Waals surface area contributed by atoms with Crippen molar-refractivity contribution in [2.24, 2.45) is 0 Å². The van der Waals surface area contributed by atoms with Crippen molar-refractivity contribution in [1.29, 1.82) is 0 Å². The molecule has 1 aliphatic rings. The van der Waals surface area contributed by atoms with Crippen LogP contribution in [0, 0.1) is 6.92 Å². The Hall–Kier alpha value is -2.86. The van der Waals surface area contributed by atoms with E-state index in [0.29, 0.717) is 12.1 Å². The van der Waals surface area contributed by atoms with Gasteiger partial charge in [-0.25, -0.2) is 9.59 Å². The molecule has 0 atom stereocenters. The third-order valence-corrected chi connectivity index (χ3v) is 4.93. The zero-order valence-electron chi connectivity index (χ0n) is 16.5. The number of benzene rings is 2. The molecule has 0 bridgehead atoms. The summed E-state index contributed by atoms with van der Waals surface area (Å²) in [6.07, 6.45) is 0.932. The number of hydrogen-bond acceptors (Lipinski definition) is 4. The first-order chi connectivity index (χ1) is 13.5. The summed E-state index contributed by atoms with van der Waals surface area (Å²) in [5, 5.41) is 2.99. The van der Waals surface area contributed by atoms with Gasteiger partial charge in [-0.3, -0.25) is 4.90 Å². The number of carbonyl (C=O) groups excluding carboxylic acids is 2. The summed E-state index contributed by atoms with van der Waals surface area (Å²) in [7, 11) is 1.38. The van der Waals surface area contributed by atoms with Gasteiger partial charge in [0.05, 0.1) is 12.7 Å². The molecular weight excluding hydrogens is 354 g/mol. The van der Waals surface area contributed by atoms with Gasteiger partial charge in [0.25, 0.3) is 0 Å². The zero-order valence-corrected chi connectivity index (χ0v) is 16.5. The number of esters is 1. The molecule has 1 fully saturated rings. The number of hydrogen-bond donors (Lipinski definition) is 1. The van der Waals surface area contributed by atoms with E-state index in [1.165, 1.54) is 7.11 Å². The molecule has 2 aromatic carbocycles. The topological polar surface area (TPSA) is 61.9 Å². The lowest BCUT2D eigenvalue weighted by Crippen LogP contribution is -2.38. The van der Waals surface area contributed by atoms with Gasteiger partial charge in [-0.2, -0.15) is 0 Å². The smallest absolute Gasteiger partial charge is 0.337 e. The highest BCUT2D eigenvalue weighted by atomic mass is 16.5. The number of rotatable bonds is 4. The number of nitrogens with zero attached hydrogens (tertiary/aromatic N) is 2. The number of urea groups is 1. The van der Waals surface area contributed by atoms with Crippen LogP contribution in [-0.4, -0.2) is 55.1 Å². The van der Waals surface area contributed by atoms with Gasteiger partial charge in [0.1, 0.15) is 0 Å². The quantitative estimate of drug-likeness (QED) is 0.823. The highest BCUT2D eigenvalue weighted by Crippen LogP contribution is 2.14. The third kappa shape index (κ3) is 5.33. The van der Waals surface area contributed by atoms with Crippen molar-refractivity contribution in [2.75, 3.05) is 38.6 Å². The Morgan fingerprint density at radius 3 is 2.54 bits per heavy atom. The van der Waals surface area contributed by atoms with Crippen LogP contribution in [-0.2, 0) is 11.3 Å². The fraction of sp³-hybridized carbons (Fsp3) is 0.364. The molecule has 1 N–H and O–H groups in total. The Labute approximate surface area is 166 Å². The molecule has 0 saturated carbocycles. The second-order valence-electron chi connectivity index (χ2n) is 7.10. The molecule has 2 aromatic rings. The molecule has 0 aromatic heterocycles. The van der Waals surface area contributed by atoms with Crippen LogP contribution in [0.15, 0.2) is 48.5 Å². The summed E-state index contributed by atoms with van der Waals surface area (Å²) in [4.78, 5) is 28.3. The van der Waals surface area contributed by atoms with Crippen LogP contribution >= 0.6 is 0 Å². The molecule has 2 amide bonds. The van der Waals surface area contributed by atoms with Crippen molar-refractivity contribution >= 4 is 17.7 Å². The van der Waals surface area contributed by atoms with Gasteiger partial charge < -0.3 is 15.0 Å². The first kappa shape index (κ1) is 19.9. The van der Waals surface area contributed by atoms with Crippen molar-refractivity contribution in [3.05, 3.63) is 65.2 Å². The van der Waals surface area contributed by atoms with Gasteiger partial charge >= 0.3 is 12.0 Å². The normalized spacial score (nSPS) is 15.0. The maximum Gasteiger partial charge on any atom is 0.337 e. The minimum atomic E-state index is -0.323. The SMILES string of the molecule is COC(=O)c1ccc(CN2CCCN(C(=O)Nc3cccc(C)c3)CC2)cc1. The minimum absolute atomic E-state index is 0.0464. The molecule has 6 heteroatoms. The van der Waals surface area contributed by atoms with E-state index in [-0.39, 0.29) is 12.0 Å². The molecule has 1 saturated heterocycles. The summed E-state index contributed by atoms with van der Waals surface area (Å²) >= 11 is 0. The highest BCUT2D eigenvalue weighted by molar-refractivity contribution is 5.89. The monoisotopic (exact) mass is 381 g/mol. The second-order valence-corrected chi connectivity index (χ2v) is 7.10. The summed E-state index contributed by atoms with van der Waals surface area (Å²) in [5.41, 5.74) is 3.65. The van der Waals surface area contributed by atoms with E-state index in [1.807, 2.05) is 48.2 Å². The fourth-order valence-electron chi connectivity index (χ4n) is 3.38. The van der Waals surface area contributed by atoms with Crippen molar-refractivity contribution in [3.63, 3.8) is 0 Å². The summed E-state index contributed by atoms with van der Waals surface area (Å²) in [6.45, 7) is 6.01. The molecule has 1 aliphatic heterocycles. The second kappa shape index (κ2) is 9.37. The Kier molecular flexibility index (Phi) is 6.66. The van der Waals surface area contributed by atoms with E-state index in [9.17, 15) is 9.59 Å². The van der Waals surface area contributed by atoms with Crippen LogP contribution in [0.5, 0.6) is 0 Å². The molecule has 148 valence electrons. The summed E-state index contributed by atoms with van der Waals surface area (Å²) in [6, 6.07) is 15.3. The number of methoxy groups -OCH3 is 1. The lowest BCUT2D eigenvalue weighted by molar-refractivity contribution is 0.0600. The first-order valence-corrected chi connectivity index (χ1v) is 9.57. The molecule has 0 unspecified atom stereocenters. The first-order valence-electron chi connectivity index (χ1n) is 9.57. The Morgan fingerprint density at radius 1 is 1.04 bits per heavy atom. The van der Waals surface area contributed by atoms with Crippen LogP contribution in [0.4, 0.5) is 10.5 Å². The molecule has 0 radical (unpaired) electrons.